The molecule has 2 amide bonds. The second-order valence-corrected chi connectivity index (χ2v) is 6.18. The Bertz CT molecular complexity index is 958. The number of ether oxygens (including phenoxy) is 1. The molecule has 3 aromatic rings. The van der Waals surface area contributed by atoms with Gasteiger partial charge in [-0.2, -0.15) is 0 Å². The zero-order valence-electron chi connectivity index (χ0n) is 15.3. The number of anilines is 2. The molecular formula is C21H20N2O4. The maximum Gasteiger partial charge on any atom is 0.291 e. The molecule has 6 heteroatoms. The average molecular weight is 364 g/mol. The molecule has 0 fully saturated rings. The van der Waals surface area contributed by atoms with Gasteiger partial charge in [0.25, 0.3) is 11.8 Å². The highest BCUT2D eigenvalue weighted by Gasteiger charge is 2.14. The highest BCUT2D eigenvalue weighted by molar-refractivity contribution is 6.05. The second kappa shape index (κ2) is 7.78. The summed E-state index contributed by atoms with van der Waals surface area (Å²) in [5.74, 6) is 0.0268. The molecule has 0 bridgehead atoms. The molecule has 3 rings (SSSR count). The van der Waals surface area contributed by atoms with Crippen molar-refractivity contribution in [3.05, 3.63) is 77.2 Å². The second-order valence-electron chi connectivity index (χ2n) is 6.18. The van der Waals surface area contributed by atoms with E-state index in [9.17, 15) is 9.59 Å². The minimum Gasteiger partial charge on any atom is -0.494 e. The monoisotopic (exact) mass is 364 g/mol. The Morgan fingerprint density at radius 2 is 1.67 bits per heavy atom. The molecule has 0 atom stereocenters. The summed E-state index contributed by atoms with van der Waals surface area (Å²) in [5.41, 5.74) is 3.67. The van der Waals surface area contributed by atoms with Gasteiger partial charge in [0, 0.05) is 17.3 Å². The fraction of sp³-hybridized carbons (Fsp3) is 0.143. The van der Waals surface area contributed by atoms with Crippen LogP contribution < -0.4 is 15.4 Å². The van der Waals surface area contributed by atoms with Crippen molar-refractivity contribution in [1.29, 1.82) is 0 Å². The predicted molar refractivity (Wildman–Crippen MR) is 104 cm³/mol. The molecule has 0 unspecified atom stereocenters. The number of methoxy groups -OCH3 is 1. The third-order valence-corrected chi connectivity index (χ3v) is 3.94. The summed E-state index contributed by atoms with van der Waals surface area (Å²) in [4.78, 5) is 24.6. The minimum atomic E-state index is -0.384. The molecule has 0 aliphatic heterocycles. The van der Waals surface area contributed by atoms with E-state index in [-0.39, 0.29) is 17.6 Å². The standard InChI is InChI=1S/C21H20N2O4/c1-13-9-14(2)11-15(10-13)20(24)22-16-6-7-17(19(12-16)26-3)23-21(25)18-5-4-8-27-18/h4-12H,1-3H3,(H,22,24)(H,23,25). The van der Waals surface area contributed by atoms with Crippen LogP contribution in [0.2, 0.25) is 0 Å². The van der Waals surface area contributed by atoms with Crippen molar-refractivity contribution in [2.75, 3.05) is 17.7 Å². The first kappa shape index (κ1) is 18.3. The Labute approximate surface area is 157 Å². The molecule has 2 aromatic carbocycles. The largest absolute Gasteiger partial charge is 0.494 e. The third kappa shape index (κ3) is 4.36. The zero-order valence-corrected chi connectivity index (χ0v) is 15.3. The fourth-order valence-corrected chi connectivity index (χ4v) is 2.77. The van der Waals surface area contributed by atoms with E-state index >= 15 is 0 Å². The van der Waals surface area contributed by atoms with E-state index in [0.29, 0.717) is 22.7 Å². The predicted octanol–water partition coefficient (Wildman–Crippen LogP) is 4.41. The molecule has 0 radical (unpaired) electrons. The number of amides is 2. The van der Waals surface area contributed by atoms with Crippen molar-refractivity contribution in [2.24, 2.45) is 0 Å². The lowest BCUT2D eigenvalue weighted by atomic mass is 10.1. The number of hydrogen-bond donors (Lipinski definition) is 2. The van der Waals surface area contributed by atoms with Crippen LogP contribution in [0.5, 0.6) is 5.75 Å². The number of carbonyl (C=O) groups excluding carboxylic acids is 2. The van der Waals surface area contributed by atoms with Gasteiger partial charge in [-0.25, -0.2) is 0 Å². The van der Waals surface area contributed by atoms with E-state index in [0.717, 1.165) is 11.1 Å². The molecule has 27 heavy (non-hydrogen) atoms. The summed E-state index contributed by atoms with van der Waals surface area (Å²) in [6.45, 7) is 3.90. The van der Waals surface area contributed by atoms with Gasteiger partial charge in [-0.15, -0.1) is 0 Å². The molecule has 6 nitrogen and oxygen atoms in total. The first-order valence-corrected chi connectivity index (χ1v) is 8.39. The maximum atomic E-state index is 12.5. The van der Waals surface area contributed by atoms with E-state index in [1.807, 2.05) is 32.0 Å². The number of rotatable bonds is 5. The van der Waals surface area contributed by atoms with Gasteiger partial charge in [0.05, 0.1) is 19.1 Å². The van der Waals surface area contributed by atoms with Crippen LogP contribution in [-0.4, -0.2) is 18.9 Å². The third-order valence-electron chi connectivity index (χ3n) is 3.94. The summed E-state index contributed by atoms with van der Waals surface area (Å²) in [6, 6.07) is 13.9. The molecule has 2 N–H and O–H groups in total. The van der Waals surface area contributed by atoms with Crippen molar-refractivity contribution in [3.63, 3.8) is 0 Å². The lowest BCUT2D eigenvalue weighted by Gasteiger charge is -2.12. The molecule has 1 heterocycles. The first-order valence-electron chi connectivity index (χ1n) is 8.39. The molecular weight excluding hydrogens is 344 g/mol. The molecule has 0 saturated carbocycles. The van der Waals surface area contributed by atoms with E-state index in [1.165, 1.54) is 13.4 Å². The molecule has 0 spiro atoms. The van der Waals surface area contributed by atoms with Crippen LogP contribution in [0.25, 0.3) is 0 Å². The normalized spacial score (nSPS) is 10.3. The number of carbonyl (C=O) groups is 2. The average Bonchev–Trinajstić information content (AvgIpc) is 3.17. The van der Waals surface area contributed by atoms with Gasteiger partial charge in [-0.3, -0.25) is 9.59 Å². The molecule has 138 valence electrons. The Morgan fingerprint density at radius 1 is 0.926 bits per heavy atom. The topological polar surface area (TPSA) is 80.6 Å². The van der Waals surface area contributed by atoms with Gasteiger partial charge in [-0.05, 0) is 50.2 Å². The quantitative estimate of drug-likeness (QED) is 0.703. The van der Waals surface area contributed by atoms with Crippen LogP contribution in [0.1, 0.15) is 32.0 Å². The van der Waals surface area contributed by atoms with Crippen LogP contribution >= 0.6 is 0 Å². The number of nitrogens with one attached hydrogen (secondary N) is 2. The summed E-state index contributed by atoms with van der Waals surface area (Å²) in [5, 5.41) is 5.57. The Hall–Kier alpha value is -3.54. The Balaban J connectivity index is 1.77. The maximum absolute atomic E-state index is 12.5. The smallest absolute Gasteiger partial charge is 0.291 e. The molecule has 0 aliphatic carbocycles. The summed E-state index contributed by atoms with van der Waals surface area (Å²) >= 11 is 0. The van der Waals surface area contributed by atoms with Gasteiger partial charge < -0.3 is 19.8 Å². The minimum absolute atomic E-state index is 0.198. The highest BCUT2D eigenvalue weighted by Crippen LogP contribution is 2.29. The van der Waals surface area contributed by atoms with Crippen molar-refractivity contribution < 1.29 is 18.7 Å². The molecule has 0 saturated heterocycles. The summed E-state index contributed by atoms with van der Waals surface area (Å²) in [6.07, 6.45) is 1.43. The lowest BCUT2D eigenvalue weighted by Crippen LogP contribution is -2.14. The van der Waals surface area contributed by atoms with Crippen LogP contribution in [0, 0.1) is 13.8 Å². The molecule has 1 aromatic heterocycles. The van der Waals surface area contributed by atoms with Crippen LogP contribution in [0.15, 0.2) is 59.2 Å². The van der Waals surface area contributed by atoms with Gasteiger partial charge in [0.15, 0.2) is 5.76 Å². The van der Waals surface area contributed by atoms with Crippen molar-refractivity contribution in [1.82, 2.24) is 0 Å². The zero-order chi connectivity index (χ0) is 19.4. The van der Waals surface area contributed by atoms with Crippen molar-refractivity contribution in [2.45, 2.75) is 13.8 Å². The van der Waals surface area contributed by atoms with Gasteiger partial charge >= 0.3 is 0 Å². The van der Waals surface area contributed by atoms with Gasteiger partial charge in [0.1, 0.15) is 5.75 Å². The highest BCUT2D eigenvalue weighted by atomic mass is 16.5. The number of hydrogen-bond acceptors (Lipinski definition) is 4. The Morgan fingerprint density at radius 3 is 2.30 bits per heavy atom. The van der Waals surface area contributed by atoms with E-state index < -0.39 is 0 Å². The van der Waals surface area contributed by atoms with E-state index in [4.69, 9.17) is 9.15 Å². The van der Waals surface area contributed by atoms with Crippen LogP contribution in [0.3, 0.4) is 0 Å². The van der Waals surface area contributed by atoms with E-state index in [2.05, 4.69) is 10.6 Å². The first-order chi connectivity index (χ1) is 13.0. The fourth-order valence-electron chi connectivity index (χ4n) is 2.77. The van der Waals surface area contributed by atoms with Crippen LogP contribution in [0.4, 0.5) is 11.4 Å². The van der Waals surface area contributed by atoms with Gasteiger partial charge in [-0.1, -0.05) is 17.2 Å². The van der Waals surface area contributed by atoms with Gasteiger partial charge in [0.2, 0.25) is 0 Å². The summed E-state index contributed by atoms with van der Waals surface area (Å²) < 4.78 is 10.4. The lowest BCUT2D eigenvalue weighted by molar-refractivity contribution is 0.0994. The van der Waals surface area contributed by atoms with E-state index in [1.54, 1.807) is 30.3 Å². The van der Waals surface area contributed by atoms with Crippen molar-refractivity contribution in [3.8, 4) is 5.75 Å². The van der Waals surface area contributed by atoms with Crippen LogP contribution in [-0.2, 0) is 0 Å². The Kier molecular flexibility index (Phi) is 5.26. The van der Waals surface area contributed by atoms with Crippen molar-refractivity contribution >= 4 is 23.2 Å². The number of furan rings is 1. The number of aryl methyl sites for hydroxylation is 2. The molecule has 0 aliphatic rings. The SMILES string of the molecule is COc1cc(NC(=O)c2cc(C)cc(C)c2)ccc1NC(=O)c1ccco1. The summed E-state index contributed by atoms with van der Waals surface area (Å²) in [7, 11) is 1.49. The number of benzene rings is 2.